The maximum absolute atomic E-state index is 11.1. The Labute approximate surface area is 144 Å². The van der Waals surface area contributed by atoms with E-state index >= 15 is 0 Å². The highest BCUT2D eigenvalue weighted by molar-refractivity contribution is 5.81. The Morgan fingerprint density at radius 3 is 2.76 bits per heavy atom. The number of hydrogen-bond acceptors (Lipinski definition) is 4. The van der Waals surface area contributed by atoms with E-state index < -0.39 is 6.17 Å². The van der Waals surface area contributed by atoms with Crippen LogP contribution in [0.4, 0.5) is 4.39 Å². The zero-order valence-corrected chi connectivity index (χ0v) is 13.8. The van der Waals surface area contributed by atoms with Crippen molar-refractivity contribution in [2.45, 2.75) is 25.9 Å². The summed E-state index contributed by atoms with van der Waals surface area (Å²) in [5.41, 5.74) is 4.33. The monoisotopic (exact) mass is 336 g/mol. The van der Waals surface area contributed by atoms with Crippen molar-refractivity contribution in [1.29, 1.82) is 0 Å². The molecule has 0 N–H and O–H groups in total. The first kappa shape index (κ1) is 15.5. The van der Waals surface area contributed by atoms with Gasteiger partial charge in [0.25, 0.3) is 0 Å². The van der Waals surface area contributed by atoms with Crippen molar-refractivity contribution < 1.29 is 8.91 Å². The normalized spacial score (nSPS) is 13.5. The number of aromatic nitrogens is 4. The molecule has 1 saturated carbocycles. The number of nitrogens with zero attached hydrogens (tertiary/aromatic N) is 4. The highest BCUT2D eigenvalue weighted by Crippen LogP contribution is 2.26. The van der Waals surface area contributed by atoms with Crippen molar-refractivity contribution in [3.05, 3.63) is 60.9 Å². The molecule has 6 heteroatoms. The molecule has 1 aliphatic carbocycles. The molecule has 0 unspecified atom stereocenters. The van der Waals surface area contributed by atoms with E-state index in [-0.39, 0.29) is 0 Å². The summed E-state index contributed by atoms with van der Waals surface area (Å²) in [6, 6.07) is 10.2. The van der Waals surface area contributed by atoms with E-state index in [4.69, 9.17) is 4.52 Å². The number of rotatable bonds is 2. The van der Waals surface area contributed by atoms with E-state index in [1.165, 1.54) is 12.0 Å². The molecule has 1 aliphatic rings. The molecule has 0 radical (unpaired) electrons. The lowest BCUT2D eigenvalue weighted by Crippen LogP contribution is -1.96. The van der Waals surface area contributed by atoms with Crippen molar-refractivity contribution in [2.24, 2.45) is 0 Å². The molecule has 3 aromatic heterocycles. The molecule has 0 aliphatic heterocycles. The maximum Gasteiger partial charge on any atom is 0.214 e. The molecule has 0 saturated heterocycles. The molecule has 0 spiro atoms. The minimum atomic E-state index is -0.417. The summed E-state index contributed by atoms with van der Waals surface area (Å²) in [5.74, 6) is 0.592. The summed E-state index contributed by atoms with van der Waals surface area (Å²) >= 11 is 0. The van der Waals surface area contributed by atoms with Gasteiger partial charge in [0, 0.05) is 35.2 Å². The van der Waals surface area contributed by atoms with Gasteiger partial charge in [-0.15, -0.1) is 0 Å². The zero-order valence-electron chi connectivity index (χ0n) is 13.8. The Morgan fingerprint density at radius 2 is 2.04 bits per heavy atom. The molecule has 5 rings (SSSR count). The van der Waals surface area contributed by atoms with E-state index in [1.54, 1.807) is 6.20 Å². The van der Waals surface area contributed by atoms with E-state index in [0.29, 0.717) is 5.82 Å². The van der Waals surface area contributed by atoms with Crippen LogP contribution in [0.15, 0.2) is 59.8 Å². The number of fused-ring (bicyclic) bond motifs is 1. The second kappa shape index (κ2) is 6.47. The number of aryl methyl sites for hydroxylation is 1. The Hall–Kier alpha value is -3.02. The number of benzene rings is 1. The summed E-state index contributed by atoms with van der Waals surface area (Å²) in [4.78, 5) is 8.26. The predicted molar refractivity (Wildman–Crippen MR) is 93.2 cm³/mol. The van der Waals surface area contributed by atoms with Gasteiger partial charge < -0.3 is 9.09 Å². The van der Waals surface area contributed by atoms with Gasteiger partial charge in [-0.3, -0.25) is 4.98 Å². The van der Waals surface area contributed by atoms with Crippen LogP contribution >= 0.6 is 0 Å². The minimum Gasteiger partial charge on any atom is -0.342 e. The van der Waals surface area contributed by atoms with Crippen molar-refractivity contribution in [3.63, 3.8) is 0 Å². The SMILES string of the molecule is Cc1ccc(-c2ncon2)cc1-n1ccc2cnccc21.FC1CC1. The molecule has 126 valence electrons. The first-order valence-corrected chi connectivity index (χ1v) is 8.15. The van der Waals surface area contributed by atoms with E-state index in [0.717, 1.165) is 35.0 Å². The Bertz CT molecular complexity index is 990. The molecule has 4 aromatic rings. The molecule has 0 atom stereocenters. The second-order valence-corrected chi connectivity index (χ2v) is 6.05. The Morgan fingerprint density at radius 1 is 1.20 bits per heavy atom. The quantitative estimate of drug-likeness (QED) is 0.541. The van der Waals surface area contributed by atoms with Crippen molar-refractivity contribution in [2.75, 3.05) is 0 Å². The smallest absolute Gasteiger partial charge is 0.214 e. The number of alkyl halides is 1. The average molecular weight is 336 g/mol. The molecule has 25 heavy (non-hydrogen) atoms. The van der Waals surface area contributed by atoms with Crippen LogP contribution in [0, 0.1) is 6.92 Å². The molecule has 1 fully saturated rings. The lowest BCUT2D eigenvalue weighted by Gasteiger charge is -2.10. The summed E-state index contributed by atoms with van der Waals surface area (Å²) < 4.78 is 18.1. The fourth-order valence-corrected chi connectivity index (χ4v) is 2.56. The second-order valence-electron chi connectivity index (χ2n) is 6.05. The van der Waals surface area contributed by atoms with E-state index in [1.807, 2.05) is 18.3 Å². The largest absolute Gasteiger partial charge is 0.342 e. The fourth-order valence-electron chi connectivity index (χ4n) is 2.56. The van der Waals surface area contributed by atoms with Crippen LogP contribution in [0.5, 0.6) is 0 Å². The van der Waals surface area contributed by atoms with Crippen LogP contribution in [0.2, 0.25) is 0 Å². The number of pyridine rings is 1. The minimum absolute atomic E-state index is 0.417. The molecule has 5 nitrogen and oxygen atoms in total. The first-order valence-electron chi connectivity index (χ1n) is 8.15. The van der Waals surface area contributed by atoms with Crippen LogP contribution in [-0.4, -0.2) is 25.9 Å². The van der Waals surface area contributed by atoms with Gasteiger partial charge in [-0.1, -0.05) is 17.3 Å². The van der Waals surface area contributed by atoms with Gasteiger partial charge in [-0.25, -0.2) is 4.39 Å². The fraction of sp³-hybridized carbons (Fsp3) is 0.211. The molecule has 1 aromatic carbocycles. The van der Waals surface area contributed by atoms with E-state index in [9.17, 15) is 4.39 Å². The van der Waals surface area contributed by atoms with Gasteiger partial charge in [0.05, 0.1) is 5.52 Å². The third kappa shape index (κ3) is 3.28. The Balaban J connectivity index is 0.000000347. The molecular formula is C19H17FN4O. The zero-order chi connectivity index (χ0) is 17.2. The lowest BCUT2D eigenvalue weighted by molar-refractivity contribution is 0.419. The average Bonchev–Trinajstić information content (AvgIpc) is 3.11. The summed E-state index contributed by atoms with van der Waals surface area (Å²) in [6.07, 6.45) is 8.28. The molecule has 3 heterocycles. The third-order valence-electron chi connectivity index (χ3n) is 4.09. The molecule has 0 amide bonds. The van der Waals surface area contributed by atoms with Gasteiger partial charge in [-0.05, 0) is 43.5 Å². The molecule has 0 bridgehead atoms. The van der Waals surface area contributed by atoms with Gasteiger partial charge in [0.2, 0.25) is 12.2 Å². The standard InChI is InChI=1S/C16H12N4O.C3H5F/c1-11-2-3-12(16-18-10-21-19-16)8-15(11)20-7-5-13-9-17-6-4-14(13)20;4-3-1-2-3/h2-10H,1H3;3H,1-2H2. The summed E-state index contributed by atoms with van der Waals surface area (Å²) in [5, 5.41) is 5.01. The van der Waals surface area contributed by atoms with Crippen LogP contribution in [0.25, 0.3) is 28.0 Å². The van der Waals surface area contributed by atoms with E-state index in [2.05, 4.69) is 51.0 Å². The Kier molecular flexibility index (Phi) is 4.01. The highest BCUT2D eigenvalue weighted by atomic mass is 19.1. The van der Waals surface area contributed by atoms with Crippen LogP contribution in [0.1, 0.15) is 18.4 Å². The van der Waals surface area contributed by atoms with Gasteiger partial charge >= 0.3 is 0 Å². The van der Waals surface area contributed by atoms with Crippen LogP contribution in [-0.2, 0) is 0 Å². The maximum atomic E-state index is 11.1. The van der Waals surface area contributed by atoms with Crippen LogP contribution in [0.3, 0.4) is 0 Å². The number of halogens is 1. The van der Waals surface area contributed by atoms with Crippen LogP contribution < -0.4 is 0 Å². The summed E-state index contributed by atoms with van der Waals surface area (Å²) in [6.45, 7) is 2.09. The van der Waals surface area contributed by atoms with Crippen molar-refractivity contribution in [3.8, 4) is 17.1 Å². The van der Waals surface area contributed by atoms with Gasteiger partial charge in [0.15, 0.2) is 0 Å². The highest BCUT2D eigenvalue weighted by Gasteiger charge is 2.18. The summed E-state index contributed by atoms with van der Waals surface area (Å²) in [7, 11) is 0. The third-order valence-corrected chi connectivity index (χ3v) is 4.09. The topological polar surface area (TPSA) is 56.7 Å². The molecular weight excluding hydrogens is 319 g/mol. The van der Waals surface area contributed by atoms with Crippen molar-refractivity contribution in [1.82, 2.24) is 19.7 Å². The number of hydrogen-bond donors (Lipinski definition) is 0. The first-order chi connectivity index (χ1) is 12.2. The van der Waals surface area contributed by atoms with Gasteiger partial charge in [-0.2, -0.15) is 4.98 Å². The van der Waals surface area contributed by atoms with Crippen molar-refractivity contribution >= 4 is 10.9 Å². The van der Waals surface area contributed by atoms with Gasteiger partial charge in [0.1, 0.15) is 6.17 Å². The predicted octanol–water partition coefficient (Wildman–Crippen LogP) is 4.50. The lowest BCUT2D eigenvalue weighted by atomic mass is 10.1.